The molecule has 2 aliphatic heterocycles. The lowest BCUT2D eigenvalue weighted by atomic mass is 10.2. The van der Waals surface area contributed by atoms with Crippen molar-refractivity contribution in [3.8, 4) is 0 Å². The number of hydrogen-bond acceptors (Lipinski definition) is 11. The third kappa shape index (κ3) is 4.11. The van der Waals surface area contributed by atoms with Crippen LogP contribution in [0.1, 0.15) is 38.1 Å². The topological polar surface area (TPSA) is 192 Å². The number of nitrogens with zero attached hydrogens (tertiary/aromatic N) is 7. The van der Waals surface area contributed by atoms with Gasteiger partial charge in [-0.1, -0.05) is 0 Å². The van der Waals surface area contributed by atoms with Gasteiger partial charge >= 0.3 is 0 Å². The van der Waals surface area contributed by atoms with Gasteiger partial charge in [0.25, 0.3) is 5.56 Å². The Morgan fingerprint density at radius 2 is 1.47 bits per heavy atom. The highest BCUT2D eigenvalue weighted by molar-refractivity contribution is 5.81. The van der Waals surface area contributed by atoms with Crippen molar-refractivity contribution in [1.29, 1.82) is 0 Å². The number of hydrogen-bond donors (Lipinski definition) is 4. The van der Waals surface area contributed by atoms with Crippen LogP contribution in [0.25, 0.3) is 22.3 Å². The van der Waals surface area contributed by atoms with E-state index in [1.807, 2.05) is 4.57 Å². The SMILES string of the molecule is Nc1ncnc2c1ncn2[C@H]1CC[C@@H](CO)O1.O=c1[nH]cnc2c1ncn2[C@H]1CC[C@@H](CO)O1. The highest BCUT2D eigenvalue weighted by Gasteiger charge is 2.28. The Balaban J connectivity index is 0.000000142. The van der Waals surface area contributed by atoms with Crippen molar-refractivity contribution in [2.45, 2.75) is 50.3 Å². The van der Waals surface area contributed by atoms with E-state index < -0.39 is 0 Å². The quantitative estimate of drug-likeness (QED) is 0.310. The lowest BCUT2D eigenvalue weighted by Crippen LogP contribution is -2.14. The monoisotopic (exact) mass is 471 g/mol. The van der Waals surface area contributed by atoms with Crippen molar-refractivity contribution < 1.29 is 19.7 Å². The van der Waals surface area contributed by atoms with Crippen LogP contribution in [0.4, 0.5) is 5.82 Å². The van der Waals surface area contributed by atoms with Gasteiger partial charge in [-0.3, -0.25) is 13.9 Å². The average molecular weight is 471 g/mol. The summed E-state index contributed by atoms with van der Waals surface area (Å²) in [6.45, 7) is 0.0530. The molecule has 2 fully saturated rings. The number of nitrogens with two attached hydrogens (primary N) is 1. The fourth-order valence-corrected chi connectivity index (χ4v) is 4.21. The molecule has 0 bridgehead atoms. The molecule has 14 nitrogen and oxygen atoms in total. The minimum Gasteiger partial charge on any atom is -0.394 e. The van der Waals surface area contributed by atoms with Crippen LogP contribution in [-0.2, 0) is 9.47 Å². The number of fused-ring (bicyclic) bond motifs is 2. The molecular weight excluding hydrogens is 446 g/mol. The van der Waals surface area contributed by atoms with Crippen LogP contribution < -0.4 is 11.3 Å². The summed E-state index contributed by atoms with van der Waals surface area (Å²) in [5.74, 6) is 0.366. The molecule has 180 valence electrons. The van der Waals surface area contributed by atoms with Crippen molar-refractivity contribution in [2.75, 3.05) is 18.9 Å². The number of aromatic amines is 1. The molecule has 4 atom stereocenters. The van der Waals surface area contributed by atoms with E-state index >= 15 is 0 Å². The largest absolute Gasteiger partial charge is 0.394 e. The van der Waals surface area contributed by atoms with Gasteiger partial charge in [0.1, 0.15) is 24.3 Å². The number of nitrogen functional groups attached to an aromatic ring is 1. The van der Waals surface area contributed by atoms with Crippen molar-refractivity contribution in [3.05, 3.63) is 35.7 Å². The van der Waals surface area contributed by atoms with E-state index in [4.69, 9.17) is 25.4 Å². The predicted octanol–water partition coefficient (Wildman–Crippen LogP) is -0.132. The Morgan fingerprint density at radius 3 is 2.06 bits per heavy atom. The summed E-state index contributed by atoms with van der Waals surface area (Å²) in [6.07, 6.45) is 8.64. The second kappa shape index (κ2) is 9.42. The second-order valence-electron chi connectivity index (χ2n) is 8.08. The minimum atomic E-state index is -0.259. The van der Waals surface area contributed by atoms with Gasteiger partial charge in [0.2, 0.25) is 0 Å². The molecule has 0 saturated carbocycles. The summed E-state index contributed by atoms with van der Waals surface area (Å²) in [5, 5.41) is 18.1. The average Bonchev–Trinajstić information content (AvgIpc) is 3.64. The highest BCUT2D eigenvalue weighted by atomic mass is 16.5. The standard InChI is InChI=1S/C10H13N5O2.C10H12N4O3/c11-9-8-10(13-4-12-9)15(5-14-8)7-2-1-6(3-16)17-7;15-3-6-1-2-7(17-6)14-5-13-8-9(14)11-4-12-10(8)16/h4-7,16H,1-3H2,(H2,11,12,13);4-7,15H,1-3H2,(H,11,12,16)/t2*6-,7+/m00/s1. The van der Waals surface area contributed by atoms with Crippen molar-refractivity contribution >= 4 is 28.1 Å². The molecule has 0 spiro atoms. The Bertz CT molecular complexity index is 1330. The van der Waals surface area contributed by atoms with Crippen LogP contribution in [-0.4, -0.2) is 74.7 Å². The molecule has 2 aliphatic rings. The Labute approximate surface area is 192 Å². The van der Waals surface area contributed by atoms with E-state index in [0.29, 0.717) is 28.1 Å². The van der Waals surface area contributed by atoms with Crippen LogP contribution in [0.3, 0.4) is 0 Å². The van der Waals surface area contributed by atoms with Gasteiger partial charge in [0, 0.05) is 0 Å². The summed E-state index contributed by atoms with van der Waals surface area (Å²) in [5.41, 5.74) is 7.53. The first kappa shape index (κ1) is 22.3. The third-order valence-electron chi connectivity index (χ3n) is 5.95. The molecule has 0 aromatic carbocycles. The van der Waals surface area contributed by atoms with E-state index in [0.717, 1.165) is 25.7 Å². The molecule has 5 N–H and O–H groups in total. The lowest BCUT2D eigenvalue weighted by Gasteiger charge is -2.13. The number of H-pyrrole nitrogens is 1. The summed E-state index contributed by atoms with van der Waals surface area (Å²) in [6, 6.07) is 0. The predicted molar refractivity (Wildman–Crippen MR) is 118 cm³/mol. The molecule has 0 aliphatic carbocycles. The van der Waals surface area contributed by atoms with Crippen LogP contribution in [0.2, 0.25) is 0 Å². The van der Waals surface area contributed by atoms with E-state index in [-0.39, 0.29) is 43.4 Å². The van der Waals surface area contributed by atoms with Gasteiger partial charge < -0.3 is 30.4 Å². The summed E-state index contributed by atoms with van der Waals surface area (Å²) in [4.78, 5) is 34.3. The van der Waals surface area contributed by atoms with E-state index in [2.05, 4.69) is 29.9 Å². The summed E-state index contributed by atoms with van der Waals surface area (Å²) >= 11 is 0. The van der Waals surface area contributed by atoms with Gasteiger partial charge in [0.05, 0.1) is 44.4 Å². The fourth-order valence-electron chi connectivity index (χ4n) is 4.21. The smallest absolute Gasteiger partial charge is 0.278 e. The number of imidazole rings is 2. The highest BCUT2D eigenvalue weighted by Crippen LogP contribution is 2.31. The molecule has 0 unspecified atom stereocenters. The molecule has 0 amide bonds. The Kier molecular flexibility index (Phi) is 6.19. The Morgan fingerprint density at radius 1 is 0.882 bits per heavy atom. The second-order valence-corrected chi connectivity index (χ2v) is 8.08. The number of nitrogens with one attached hydrogen (secondary N) is 1. The van der Waals surface area contributed by atoms with Crippen molar-refractivity contribution in [3.63, 3.8) is 0 Å². The zero-order chi connectivity index (χ0) is 23.7. The van der Waals surface area contributed by atoms with Crippen LogP contribution in [0, 0.1) is 0 Å². The molecule has 4 aromatic rings. The van der Waals surface area contributed by atoms with E-state index in [1.165, 1.54) is 12.7 Å². The van der Waals surface area contributed by atoms with Crippen LogP contribution in [0.5, 0.6) is 0 Å². The van der Waals surface area contributed by atoms with Gasteiger partial charge in [-0.2, -0.15) is 0 Å². The Hall–Kier alpha value is -3.46. The first-order valence-corrected chi connectivity index (χ1v) is 10.9. The molecule has 4 aromatic heterocycles. The first-order chi connectivity index (χ1) is 16.6. The number of aliphatic hydroxyl groups excluding tert-OH is 2. The third-order valence-corrected chi connectivity index (χ3v) is 5.95. The maximum Gasteiger partial charge on any atom is 0.278 e. The van der Waals surface area contributed by atoms with Crippen molar-refractivity contribution in [1.82, 2.24) is 39.0 Å². The van der Waals surface area contributed by atoms with Crippen LogP contribution in [0.15, 0.2) is 30.1 Å². The normalized spacial score (nSPS) is 24.5. The van der Waals surface area contributed by atoms with E-state index in [9.17, 15) is 4.79 Å². The maximum atomic E-state index is 11.5. The zero-order valence-electron chi connectivity index (χ0n) is 18.2. The molecule has 0 radical (unpaired) electrons. The number of anilines is 1. The van der Waals surface area contributed by atoms with Gasteiger partial charge in [-0.05, 0) is 25.7 Å². The molecule has 14 heteroatoms. The zero-order valence-corrected chi connectivity index (χ0v) is 18.2. The van der Waals surface area contributed by atoms with Gasteiger partial charge in [-0.25, -0.2) is 24.9 Å². The molecule has 34 heavy (non-hydrogen) atoms. The molecule has 2 saturated heterocycles. The van der Waals surface area contributed by atoms with Gasteiger partial charge in [-0.15, -0.1) is 0 Å². The summed E-state index contributed by atoms with van der Waals surface area (Å²) in [7, 11) is 0. The number of ether oxygens (including phenoxy) is 2. The summed E-state index contributed by atoms with van der Waals surface area (Å²) < 4.78 is 14.9. The fraction of sp³-hybridized carbons (Fsp3) is 0.500. The van der Waals surface area contributed by atoms with Crippen molar-refractivity contribution in [2.24, 2.45) is 0 Å². The van der Waals surface area contributed by atoms with Crippen LogP contribution >= 0.6 is 0 Å². The first-order valence-electron chi connectivity index (χ1n) is 10.9. The molecular formula is C20H25N9O5. The number of rotatable bonds is 4. The lowest BCUT2D eigenvalue weighted by molar-refractivity contribution is -0.0207. The number of aliphatic hydroxyl groups is 2. The number of aromatic nitrogens is 8. The molecule has 6 heterocycles. The van der Waals surface area contributed by atoms with E-state index in [1.54, 1.807) is 17.2 Å². The van der Waals surface area contributed by atoms with Gasteiger partial charge in [0.15, 0.2) is 22.6 Å². The maximum absolute atomic E-state index is 11.5. The molecule has 6 rings (SSSR count). The minimum absolute atomic E-state index is 0.0111.